The Hall–Kier alpha value is -1.69. The van der Waals surface area contributed by atoms with Gasteiger partial charge in [0.1, 0.15) is 6.73 Å². The van der Waals surface area contributed by atoms with E-state index in [9.17, 15) is 0 Å². The Bertz CT molecular complexity index is 741. The number of aliphatic hydroxyl groups excluding tert-OH is 1. The third-order valence-electron chi connectivity index (χ3n) is 3.27. The topological polar surface area (TPSA) is 47.3 Å². The van der Waals surface area contributed by atoms with Crippen molar-refractivity contribution < 1.29 is 9.84 Å². The molecule has 2 heterocycles. The highest BCUT2D eigenvalue weighted by Crippen LogP contribution is 2.36. The van der Waals surface area contributed by atoms with E-state index < -0.39 is 0 Å². The van der Waals surface area contributed by atoms with Crippen LogP contribution in [-0.4, -0.2) is 27.9 Å². The molecule has 3 rings (SSSR count). The van der Waals surface area contributed by atoms with E-state index in [4.69, 9.17) is 9.84 Å². The maximum atomic E-state index is 8.89. The van der Waals surface area contributed by atoms with E-state index in [1.54, 1.807) is 6.20 Å². The molecule has 5 heteroatoms. The van der Waals surface area contributed by atoms with Crippen LogP contribution >= 0.6 is 15.9 Å². The van der Waals surface area contributed by atoms with Crippen LogP contribution in [0.3, 0.4) is 0 Å². The maximum absolute atomic E-state index is 8.89. The first-order chi connectivity index (χ1) is 10.3. The molecule has 3 aromatic rings. The van der Waals surface area contributed by atoms with Gasteiger partial charge in [-0.3, -0.25) is 4.98 Å². The van der Waals surface area contributed by atoms with Gasteiger partial charge in [-0.15, -0.1) is 0 Å². The number of ether oxygens (including phenoxy) is 1. The van der Waals surface area contributed by atoms with Gasteiger partial charge in [-0.05, 0) is 34.1 Å². The summed E-state index contributed by atoms with van der Waals surface area (Å²) < 4.78 is 8.59. The normalized spacial score (nSPS) is 11.1. The number of aromatic nitrogens is 2. The van der Waals surface area contributed by atoms with E-state index in [1.807, 2.05) is 30.3 Å². The monoisotopic (exact) mass is 346 g/mol. The molecule has 4 nitrogen and oxygen atoms in total. The zero-order valence-electron chi connectivity index (χ0n) is 11.4. The number of halogens is 1. The first kappa shape index (κ1) is 14.3. The number of rotatable bonds is 5. The fraction of sp³-hybridized carbons (Fsp3) is 0.188. The van der Waals surface area contributed by atoms with E-state index in [0.29, 0.717) is 13.3 Å². The predicted molar refractivity (Wildman–Crippen MR) is 85.9 cm³/mol. The van der Waals surface area contributed by atoms with E-state index in [-0.39, 0.29) is 6.61 Å². The van der Waals surface area contributed by atoms with Gasteiger partial charge in [-0.25, -0.2) is 0 Å². The molecule has 0 saturated heterocycles. The summed E-state index contributed by atoms with van der Waals surface area (Å²) >= 11 is 3.68. The van der Waals surface area contributed by atoms with Gasteiger partial charge in [-0.2, -0.15) is 0 Å². The predicted octanol–water partition coefficient (Wildman–Crippen LogP) is 3.43. The van der Waals surface area contributed by atoms with Crippen molar-refractivity contribution >= 4 is 26.8 Å². The summed E-state index contributed by atoms with van der Waals surface area (Å²) in [5, 5.41) is 10.0. The van der Waals surface area contributed by atoms with Crippen molar-refractivity contribution in [3.05, 3.63) is 53.1 Å². The zero-order chi connectivity index (χ0) is 14.7. The van der Waals surface area contributed by atoms with Crippen molar-refractivity contribution in [1.29, 1.82) is 0 Å². The standard InChI is InChI=1S/C16H15BrN2O2/c17-15-12-5-1-2-7-14(12)19(11-21-10-9-20)16(15)13-6-3-4-8-18-13/h1-8,20H,9-11H2. The Morgan fingerprint density at radius 3 is 2.71 bits per heavy atom. The summed E-state index contributed by atoms with van der Waals surface area (Å²) in [6.45, 7) is 0.698. The molecule has 0 aliphatic rings. The molecule has 0 radical (unpaired) electrons. The Morgan fingerprint density at radius 2 is 1.95 bits per heavy atom. The van der Waals surface area contributed by atoms with Crippen LogP contribution in [-0.2, 0) is 11.5 Å². The summed E-state index contributed by atoms with van der Waals surface area (Å²) in [6, 6.07) is 14.0. The lowest BCUT2D eigenvalue weighted by atomic mass is 10.2. The van der Waals surface area contributed by atoms with Gasteiger partial charge in [-0.1, -0.05) is 24.3 Å². The smallest absolute Gasteiger partial charge is 0.123 e. The van der Waals surface area contributed by atoms with Crippen LogP contribution in [0.4, 0.5) is 0 Å². The SMILES string of the molecule is OCCOCn1c(-c2ccccn2)c(Br)c2ccccc21. The summed E-state index contributed by atoms with van der Waals surface area (Å²) in [7, 11) is 0. The second-order valence-corrected chi connectivity index (χ2v) is 5.38. The third-order valence-corrected chi connectivity index (χ3v) is 4.08. The van der Waals surface area contributed by atoms with Crippen molar-refractivity contribution in [2.75, 3.05) is 13.2 Å². The Labute approximate surface area is 131 Å². The Morgan fingerprint density at radius 1 is 1.14 bits per heavy atom. The first-order valence-corrected chi connectivity index (χ1v) is 7.49. The second kappa shape index (κ2) is 6.39. The van der Waals surface area contributed by atoms with Gasteiger partial charge < -0.3 is 14.4 Å². The number of nitrogens with zero attached hydrogens (tertiary/aromatic N) is 2. The number of hydrogen-bond acceptors (Lipinski definition) is 3. The zero-order valence-corrected chi connectivity index (χ0v) is 13.0. The first-order valence-electron chi connectivity index (χ1n) is 6.69. The quantitative estimate of drug-likeness (QED) is 0.720. The largest absolute Gasteiger partial charge is 0.394 e. The van der Waals surface area contributed by atoms with Crippen molar-refractivity contribution in [3.63, 3.8) is 0 Å². The molecule has 21 heavy (non-hydrogen) atoms. The van der Waals surface area contributed by atoms with Gasteiger partial charge in [0, 0.05) is 11.6 Å². The van der Waals surface area contributed by atoms with Gasteiger partial charge in [0.2, 0.25) is 0 Å². The van der Waals surface area contributed by atoms with Crippen LogP contribution in [0, 0.1) is 0 Å². The molecule has 108 valence electrons. The molecule has 0 amide bonds. The van der Waals surface area contributed by atoms with E-state index in [1.165, 1.54) is 0 Å². The molecule has 0 atom stereocenters. The minimum atomic E-state index is 0.0132. The van der Waals surface area contributed by atoms with E-state index >= 15 is 0 Å². The van der Waals surface area contributed by atoms with Crippen molar-refractivity contribution in [1.82, 2.24) is 9.55 Å². The van der Waals surface area contributed by atoms with Crippen molar-refractivity contribution in [2.45, 2.75) is 6.73 Å². The van der Waals surface area contributed by atoms with Crippen LogP contribution in [0.2, 0.25) is 0 Å². The van der Waals surface area contributed by atoms with Gasteiger partial charge in [0.05, 0.1) is 34.6 Å². The minimum absolute atomic E-state index is 0.0132. The highest BCUT2D eigenvalue weighted by molar-refractivity contribution is 9.10. The van der Waals surface area contributed by atoms with E-state index in [0.717, 1.165) is 26.8 Å². The number of pyridine rings is 1. The molecule has 0 spiro atoms. The van der Waals surface area contributed by atoms with Gasteiger partial charge in [0.25, 0.3) is 0 Å². The van der Waals surface area contributed by atoms with Crippen molar-refractivity contribution in [2.24, 2.45) is 0 Å². The van der Waals surface area contributed by atoms with E-state index in [2.05, 4.69) is 37.6 Å². The summed E-state index contributed by atoms with van der Waals surface area (Å²) in [4.78, 5) is 4.44. The molecule has 0 aliphatic carbocycles. The Balaban J connectivity index is 2.16. The minimum Gasteiger partial charge on any atom is -0.394 e. The molecular weight excluding hydrogens is 332 g/mol. The molecule has 0 unspecified atom stereocenters. The highest BCUT2D eigenvalue weighted by Gasteiger charge is 2.17. The molecule has 0 aliphatic heterocycles. The second-order valence-electron chi connectivity index (χ2n) is 4.58. The molecule has 1 N–H and O–H groups in total. The molecule has 2 aromatic heterocycles. The number of aliphatic hydroxyl groups is 1. The molecule has 0 saturated carbocycles. The lowest BCUT2D eigenvalue weighted by Gasteiger charge is -2.11. The molecular formula is C16H15BrN2O2. The third kappa shape index (κ3) is 2.72. The fourth-order valence-corrected chi connectivity index (χ4v) is 3.12. The van der Waals surface area contributed by atoms with Gasteiger partial charge in [0.15, 0.2) is 0 Å². The summed E-state index contributed by atoms with van der Waals surface area (Å²) in [6.07, 6.45) is 1.78. The lowest BCUT2D eigenvalue weighted by Crippen LogP contribution is -2.07. The summed E-state index contributed by atoms with van der Waals surface area (Å²) in [5.74, 6) is 0. The van der Waals surface area contributed by atoms with Crippen LogP contribution in [0.1, 0.15) is 0 Å². The molecule has 1 aromatic carbocycles. The molecule has 0 fully saturated rings. The van der Waals surface area contributed by atoms with Crippen LogP contribution < -0.4 is 0 Å². The van der Waals surface area contributed by atoms with Crippen molar-refractivity contribution in [3.8, 4) is 11.4 Å². The average molecular weight is 347 g/mol. The number of para-hydroxylation sites is 1. The lowest BCUT2D eigenvalue weighted by molar-refractivity contribution is 0.0511. The number of benzene rings is 1. The van der Waals surface area contributed by atoms with Crippen LogP contribution in [0.15, 0.2) is 53.1 Å². The number of hydrogen-bond donors (Lipinski definition) is 1. The molecule has 0 bridgehead atoms. The van der Waals surface area contributed by atoms with Crippen LogP contribution in [0.5, 0.6) is 0 Å². The number of fused-ring (bicyclic) bond motifs is 1. The fourth-order valence-electron chi connectivity index (χ4n) is 2.37. The Kier molecular flexibility index (Phi) is 4.34. The maximum Gasteiger partial charge on any atom is 0.123 e. The average Bonchev–Trinajstić information content (AvgIpc) is 2.82. The summed E-state index contributed by atoms with van der Waals surface area (Å²) in [5.41, 5.74) is 2.94. The van der Waals surface area contributed by atoms with Crippen LogP contribution in [0.25, 0.3) is 22.3 Å². The highest BCUT2D eigenvalue weighted by atomic mass is 79.9. The van der Waals surface area contributed by atoms with Gasteiger partial charge >= 0.3 is 0 Å².